The fourth-order valence-electron chi connectivity index (χ4n) is 2.03. The van der Waals surface area contributed by atoms with Crippen molar-refractivity contribution in [3.63, 3.8) is 0 Å². The van der Waals surface area contributed by atoms with Crippen LogP contribution in [0.25, 0.3) is 0 Å². The quantitative estimate of drug-likeness (QED) is 0.833. The van der Waals surface area contributed by atoms with Gasteiger partial charge in [0.2, 0.25) is 0 Å². The third-order valence-corrected chi connectivity index (χ3v) is 4.49. The first-order chi connectivity index (χ1) is 9.77. The third-order valence-electron chi connectivity index (χ3n) is 3.43. The molecular weight excluding hydrogens is 281 g/mol. The normalized spacial score (nSPS) is 13.2. The predicted octanol–water partition coefficient (Wildman–Crippen LogP) is 5.29. The molecule has 21 heavy (non-hydrogen) atoms. The van der Waals surface area contributed by atoms with Gasteiger partial charge in [-0.2, -0.15) is 0 Å². The maximum absolute atomic E-state index is 14.1. The Morgan fingerprint density at radius 2 is 1.67 bits per heavy atom. The highest BCUT2D eigenvalue weighted by molar-refractivity contribution is 7.99. The number of hydrogen-bond donors (Lipinski definition) is 1. The minimum Gasteiger partial charge on any atom is -0.324 e. The van der Waals surface area contributed by atoms with Crippen LogP contribution >= 0.6 is 11.8 Å². The van der Waals surface area contributed by atoms with Crippen molar-refractivity contribution in [3.05, 3.63) is 59.4 Å². The van der Waals surface area contributed by atoms with Crippen LogP contribution in [0.3, 0.4) is 0 Å². The molecule has 0 bridgehead atoms. The summed E-state index contributed by atoms with van der Waals surface area (Å²) in [5.74, 6) is -0.213. The van der Waals surface area contributed by atoms with Gasteiger partial charge in [-0.1, -0.05) is 50.7 Å². The lowest BCUT2D eigenvalue weighted by Crippen LogP contribution is -2.10. The van der Waals surface area contributed by atoms with Crippen LogP contribution in [0.4, 0.5) is 4.39 Å². The molecule has 2 aromatic rings. The van der Waals surface area contributed by atoms with E-state index in [-0.39, 0.29) is 17.3 Å². The van der Waals surface area contributed by atoms with Gasteiger partial charge in [0.15, 0.2) is 0 Å². The second kappa shape index (κ2) is 6.20. The van der Waals surface area contributed by atoms with Crippen molar-refractivity contribution in [2.24, 2.45) is 5.73 Å². The van der Waals surface area contributed by atoms with Crippen LogP contribution in [-0.4, -0.2) is 0 Å². The Morgan fingerprint density at radius 3 is 2.14 bits per heavy atom. The molecule has 0 fully saturated rings. The van der Waals surface area contributed by atoms with Gasteiger partial charge >= 0.3 is 0 Å². The number of rotatable bonds is 3. The second-order valence-electron chi connectivity index (χ2n) is 6.35. The molecule has 0 unspecified atom stereocenters. The fraction of sp³-hybridized carbons (Fsp3) is 0.333. The average Bonchev–Trinajstić information content (AvgIpc) is 2.40. The monoisotopic (exact) mass is 303 g/mol. The minimum atomic E-state index is -0.213. The van der Waals surface area contributed by atoms with Crippen molar-refractivity contribution >= 4 is 11.8 Å². The molecule has 0 aliphatic carbocycles. The molecule has 0 aliphatic rings. The van der Waals surface area contributed by atoms with Gasteiger partial charge in [0.25, 0.3) is 0 Å². The lowest BCUT2D eigenvalue weighted by molar-refractivity contribution is 0.589. The van der Waals surface area contributed by atoms with E-state index in [0.29, 0.717) is 4.90 Å². The third kappa shape index (κ3) is 4.08. The van der Waals surface area contributed by atoms with Crippen LogP contribution in [0.5, 0.6) is 0 Å². The van der Waals surface area contributed by atoms with E-state index in [0.717, 1.165) is 10.5 Å². The first kappa shape index (κ1) is 16.1. The second-order valence-corrected chi connectivity index (χ2v) is 7.47. The van der Waals surface area contributed by atoms with Crippen LogP contribution in [0.15, 0.2) is 52.3 Å². The van der Waals surface area contributed by atoms with Gasteiger partial charge in [-0.25, -0.2) is 4.39 Å². The standard InChI is InChI=1S/C18H22FNS/c1-12(20)13-5-10-17(16(19)11-13)21-15-8-6-14(7-9-15)18(2,3)4/h5-12H,20H2,1-4H3/t12-/m1/s1. The Morgan fingerprint density at radius 1 is 1.05 bits per heavy atom. The van der Waals surface area contributed by atoms with Crippen molar-refractivity contribution in [3.8, 4) is 0 Å². The lowest BCUT2D eigenvalue weighted by Gasteiger charge is -2.19. The zero-order valence-electron chi connectivity index (χ0n) is 13.0. The summed E-state index contributed by atoms with van der Waals surface area (Å²) >= 11 is 1.44. The molecule has 0 saturated carbocycles. The largest absolute Gasteiger partial charge is 0.324 e. The summed E-state index contributed by atoms with van der Waals surface area (Å²) in [6.07, 6.45) is 0. The smallest absolute Gasteiger partial charge is 0.137 e. The van der Waals surface area contributed by atoms with E-state index in [1.165, 1.54) is 23.4 Å². The maximum atomic E-state index is 14.1. The predicted molar refractivity (Wildman–Crippen MR) is 88.3 cm³/mol. The molecule has 0 heterocycles. The Hall–Kier alpha value is -1.32. The Kier molecular flexibility index (Phi) is 4.74. The number of benzene rings is 2. The molecule has 0 radical (unpaired) electrons. The van der Waals surface area contributed by atoms with Gasteiger partial charge in [-0.3, -0.25) is 0 Å². The molecule has 0 amide bonds. The van der Waals surface area contributed by atoms with Crippen LogP contribution in [0.1, 0.15) is 44.9 Å². The summed E-state index contributed by atoms with van der Waals surface area (Å²) in [5.41, 5.74) is 8.00. The van der Waals surface area contributed by atoms with Crippen molar-refractivity contribution in [1.82, 2.24) is 0 Å². The van der Waals surface area contributed by atoms with E-state index in [1.54, 1.807) is 6.07 Å². The van der Waals surface area contributed by atoms with Crippen molar-refractivity contribution < 1.29 is 4.39 Å². The van der Waals surface area contributed by atoms with Crippen LogP contribution < -0.4 is 5.73 Å². The zero-order valence-corrected chi connectivity index (χ0v) is 13.8. The summed E-state index contributed by atoms with van der Waals surface area (Å²) in [6.45, 7) is 8.40. The first-order valence-corrected chi connectivity index (χ1v) is 7.92. The molecule has 112 valence electrons. The molecule has 0 saturated heterocycles. The minimum absolute atomic E-state index is 0.132. The molecule has 1 nitrogen and oxygen atoms in total. The van der Waals surface area contributed by atoms with E-state index in [2.05, 4.69) is 32.9 Å². The number of nitrogens with two attached hydrogens (primary N) is 1. The molecule has 0 aromatic heterocycles. The van der Waals surface area contributed by atoms with Crippen molar-refractivity contribution in [2.75, 3.05) is 0 Å². The van der Waals surface area contributed by atoms with Gasteiger partial charge in [0.1, 0.15) is 5.82 Å². The summed E-state index contributed by atoms with van der Waals surface area (Å²) in [6, 6.07) is 13.4. The van der Waals surface area contributed by atoms with Gasteiger partial charge in [-0.05, 0) is 47.7 Å². The molecule has 2 aromatic carbocycles. The molecule has 3 heteroatoms. The first-order valence-electron chi connectivity index (χ1n) is 7.11. The summed E-state index contributed by atoms with van der Waals surface area (Å²) in [5, 5.41) is 0. The van der Waals surface area contributed by atoms with Crippen LogP contribution in [0, 0.1) is 5.82 Å². The fourth-order valence-corrected chi connectivity index (χ4v) is 2.85. The number of hydrogen-bond acceptors (Lipinski definition) is 2. The Bertz CT molecular complexity index is 612. The van der Waals surface area contributed by atoms with Gasteiger partial charge in [0.05, 0.1) is 0 Å². The van der Waals surface area contributed by atoms with Crippen molar-refractivity contribution in [1.29, 1.82) is 0 Å². The highest BCUT2D eigenvalue weighted by Crippen LogP contribution is 2.32. The van der Waals surface area contributed by atoms with Crippen LogP contribution in [0.2, 0.25) is 0 Å². The Labute approximate surface area is 130 Å². The van der Waals surface area contributed by atoms with E-state index in [1.807, 2.05) is 25.1 Å². The van der Waals surface area contributed by atoms with Gasteiger partial charge in [-0.15, -0.1) is 0 Å². The van der Waals surface area contributed by atoms with E-state index >= 15 is 0 Å². The summed E-state index contributed by atoms with van der Waals surface area (Å²) in [4.78, 5) is 1.67. The number of halogens is 1. The molecule has 0 spiro atoms. The molecule has 0 aliphatic heterocycles. The summed E-state index contributed by atoms with van der Waals surface area (Å²) in [7, 11) is 0. The van der Waals surface area contributed by atoms with Crippen molar-refractivity contribution in [2.45, 2.75) is 48.9 Å². The lowest BCUT2D eigenvalue weighted by atomic mass is 9.87. The highest BCUT2D eigenvalue weighted by atomic mass is 32.2. The average molecular weight is 303 g/mol. The molecule has 2 rings (SSSR count). The van der Waals surface area contributed by atoms with Gasteiger partial charge < -0.3 is 5.73 Å². The maximum Gasteiger partial charge on any atom is 0.137 e. The van der Waals surface area contributed by atoms with Gasteiger partial charge in [0, 0.05) is 15.8 Å². The van der Waals surface area contributed by atoms with Crippen LogP contribution in [-0.2, 0) is 5.41 Å². The zero-order chi connectivity index (χ0) is 15.6. The molecule has 1 atom stereocenters. The highest BCUT2D eigenvalue weighted by Gasteiger charge is 2.13. The Balaban J connectivity index is 2.19. The SMILES string of the molecule is C[C@@H](N)c1ccc(Sc2ccc(C(C)(C)C)cc2)c(F)c1. The summed E-state index contributed by atoms with van der Waals surface area (Å²) < 4.78 is 14.1. The molecule has 2 N–H and O–H groups in total. The van der Waals surface area contributed by atoms with E-state index < -0.39 is 0 Å². The van der Waals surface area contributed by atoms with E-state index in [9.17, 15) is 4.39 Å². The van der Waals surface area contributed by atoms with E-state index in [4.69, 9.17) is 5.73 Å². The topological polar surface area (TPSA) is 26.0 Å². The molecular formula is C18H22FNS.